The van der Waals surface area contributed by atoms with Crippen molar-refractivity contribution in [2.24, 2.45) is 0 Å². The van der Waals surface area contributed by atoms with Gasteiger partial charge in [0.15, 0.2) is 0 Å². The van der Waals surface area contributed by atoms with Crippen LogP contribution in [0, 0.1) is 6.92 Å². The summed E-state index contributed by atoms with van der Waals surface area (Å²) < 4.78 is 0. The molecule has 20 heavy (non-hydrogen) atoms. The lowest BCUT2D eigenvalue weighted by Crippen LogP contribution is -2.38. The lowest BCUT2D eigenvalue weighted by Gasteiger charge is -2.25. The lowest BCUT2D eigenvalue weighted by molar-refractivity contribution is -0.136. The van der Waals surface area contributed by atoms with Crippen LogP contribution in [0.3, 0.4) is 0 Å². The summed E-state index contributed by atoms with van der Waals surface area (Å²) in [4.78, 5) is 24.3. The zero-order valence-electron chi connectivity index (χ0n) is 11.6. The molecule has 1 rings (SSSR count). The average Bonchev–Trinajstić information content (AvgIpc) is 2.41. The molecule has 1 aromatic rings. The summed E-state index contributed by atoms with van der Waals surface area (Å²) in [5.41, 5.74) is 1.89. The third-order valence-electron chi connectivity index (χ3n) is 2.83. The first-order chi connectivity index (χ1) is 9.54. The van der Waals surface area contributed by atoms with Crippen LogP contribution in [0.15, 0.2) is 36.9 Å². The van der Waals surface area contributed by atoms with Gasteiger partial charge >= 0.3 is 5.97 Å². The Morgan fingerprint density at radius 2 is 2.10 bits per heavy atom. The molecule has 0 aromatic heterocycles. The number of hydrogen-bond donors (Lipinski definition) is 2. The molecule has 5 heteroatoms. The number of amides is 1. The van der Waals surface area contributed by atoms with Crippen molar-refractivity contribution in [1.29, 1.82) is 0 Å². The Balaban J connectivity index is 2.79. The molecule has 0 aliphatic heterocycles. The van der Waals surface area contributed by atoms with E-state index in [0.29, 0.717) is 13.1 Å². The summed E-state index contributed by atoms with van der Waals surface area (Å²) in [7, 11) is 0. The van der Waals surface area contributed by atoms with Crippen LogP contribution in [0.25, 0.3) is 0 Å². The van der Waals surface area contributed by atoms with Crippen molar-refractivity contribution in [3.05, 3.63) is 42.5 Å². The topological polar surface area (TPSA) is 69.6 Å². The quantitative estimate of drug-likeness (QED) is 0.707. The molecule has 0 heterocycles. The second kappa shape index (κ2) is 7.99. The van der Waals surface area contributed by atoms with Crippen LogP contribution in [0.4, 0.5) is 5.69 Å². The molecule has 0 bridgehead atoms. The predicted octanol–water partition coefficient (Wildman–Crippen LogP) is 1.58. The second-order valence-electron chi connectivity index (χ2n) is 4.44. The number of benzene rings is 1. The molecule has 0 aliphatic rings. The van der Waals surface area contributed by atoms with Gasteiger partial charge in [-0.25, -0.2) is 0 Å². The Hall–Kier alpha value is -2.30. The fourth-order valence-electron chi connectivity index (χ4n) is 1.85. The molecule has 1 amide bonds. The van der Waals surface area contributed by atoms with Crippen molar-refractivity contribution in [2.75, 3.05) is 24.5 Å². The van der Waals surface area contributed by atoms with Gasteiger partial charge in [-0.3, -0.25) is 9.59 Å². The monoisotopic (exact) mass is 276 g/mol. The summed E-state index contributed by atoms with van der Waals surface area (Å²) >= 11 is 0. The van der Waals surface area contributed by atoms with Gasteiger partial charge in [-0.15, -0.1) is 6.58 Å². The summed E-state index contributed by atoms with van der Waals surface area (Å²) in [6, 6.07) is 7.60. The van der Waals surface area contributed by atoms with Gasteiger partial charge in [0.25, 0.3) is 0 Å². The number of carbonyl (C=O) groups excluding carboxylic acids is 1. The number of aryl methyl sites for hydroxylation is 1. The first-order valence-corrected chi connectivity index (χ1v) is 6.44. The van der Waals surface area contributed by atoms with Gasteiger partial charge in [0.05, 0.1) is 13.0 Å². The number of rotatable bonds is 8. The van der Waals surface area contributed by atoms with E-state index >= 15 is 0 Å². The van der Waals surface area contributed by atoms with Crippen LogP contribution in [-0.4, -0.2) is 36.6 Å². The minimum Gasteiger partial charge on any atom is -0.481 e. The summed E-state index contributed by atoms with van der Waals surface area (Å²) in [6.07, 6.45) is 1.59. The number of para-hydroxylation sites is 1. The Bertz CT molecular complexity index is 486. The molecule has 5 nitrogen and oxygen atoms in total. The summed E-state index contributed by atoms with van der Waals surface area (Å²) in [5, 5.41) is 11.5. The Kier molecular flexibility index (Phi) is 6.29. The molecule has 2 N–H and O–H groups in total. The third-order valence-corrected chi connectivity index (χ3v) is 2.83. The van der Waals surface area contributed by atoms with E-state index in [1.54, 1.807) is 11.0 Å². The number of nitrogens with zero attached hydrogens (tertiary/aromatic N) is 1. The molecule has 0 saturated heterocycles. The van der Waals surface area contributed by atoms with E-state index in [2.05, 4.69) is 11.9 Å². The molecule has 0 spiro atoms. The molecule has 0 radical (unpaired) electrons. The molecular weight excluding hydrogens is 256 g/mol. The molecule has 0 aliphatic carbocycles. The van der Waals surface area contributed by atoms with Gasteiger partial charge in [0.2, 0.25) is 5.91 Å². The Morgan fingerprint density at radius 1 is 1.40 bits per heavy atom. The average molecular weight is 276 g/mol. The highest BCUT2D eigenvalue weighted by atomic mass is 16.4. The minimum atomic E-state index is -0.880. The third kappa shape index (κ3) is 5.14. The van der Waals surface area contributed by atoms with Crippen LogP contribution in [-0.2, 0) is 9.59 Å². The maximum Gasteiger partial charge on any atom is 0.305 e. The molecule has 0 unspecified atom stereocenters. The fraction of sp³-hybridized carbons (Fsp3) is 0.333. The van der Waals surface area contributed by atoms with E-state index < -0.39 is 5.97 Å². The lowest BCUT2D eigenvalue weighted by atomic mass is 10.1. The maximum absolute atomic E-state index is 11.8. The van der Waals surface area contributed by atoms with Crippen LogP contribution in [0.1, 0.15) is 12.0 Å². The highest BCUT2D eigenvalue weighted by Gasteiger charge is 2.14. The Morgan fingerprint density at radius 3 is 2.70 bits per heavy atom. The number of carboxylic acid groups (broad SMARTS) is 1. The molecule has 0 saturated carbocycles. The van der Waals surface area contributed by atoms with E-state index in [4.69, 9.17) is 5.11 Å². The first kappa shape index (κ1) is 15.8. The number of hydrogen-bond acceptors (Lipinski definition) is 3. The van der Waals surface area contributed by atoms with Crippen molar-refractivity contribution < 1.29 is 14.7 Å². The van der Waals surface area contributed by atoms with Gasteiger partial charge in [-0.2, -0.15) is 0 Å². The normalized spacial score (nSPS) is 9.85. The summed E-state index contributed by atoms with van der Waals surface area (Å²) in [6.45, 7) is 6.30. The number of carboxylic acids is 1. The van der Waals surface area contributed by atoms with Crippen molar-refractivity contribution in [2.45, 2.75) is 13.3 Å². The van der Waals surface area contributed by atoms with E-state index in [-0.39, 0.29) is 18.9 Å². The van der Waals surface area contributed by atoms with Crippen molar-refractivity contribution in [1.82, 2.24) is 5.32 Å². The molecule has 0 fully saturated rings. The smallest absolute Gasteiger partial charge is 0.305 e. The minimum absolute atomic E-state index is 0.0108. The molecule has 0 atom stereocenters. The van der Waals surface area contributed by atoms with Crippen LogP contribution in [0.5, 0.6) is 0 Å². The van der Waals surface area contributed by atoms with E-state index in [1.807, 2.05) is 31.2 Å². The molecular formula is C15H20N2O3. The van der Waals surface area contributed by atoms with Gasteiger partial charge in [0.1, 0.15) is 0 Å². The van der Waals surface area contributed by atoms with Crippen molar-refractivity contribution >= 4 is 17.6 Å². The van der Waals surface area contributed by atoms with E-state index in [9.17, 15) is 9.59 Å². The number of aliphatic carboxylic acids is 1. The standard InChI is InChI=1S/C15H20N2O3/c1-3-9-16-14(18)11-17(10-8-15(19)20)13-7-5-4-6-12(13)2/h3-7H,1,8-11H2,2H3,(H,16,18)(H,19,20). The maximum atomic E-state index is 11.8. The van der Waals surface area contributed by atoms with Gasteiger partial charge < -0.3 is 15.3 Å². The van der Waals surface area contributed by atoms with Crippen LogP contribution >= 0.6 is 0 Å². The van der Waals surface area contributed by atoms with Gasteiger partial charge in [-0.05, 0) is 18.6 Å². The van der Waals surface area contributed by atoms with E-state index in [0.717, 1.165) is 11.3 Å². The largest absolute Gasteiger partial charge is 0.481 e. The van der Waals surface area contributed by atoms with Gasteiger partial charge in [0, 0.05) is 18.8 Å². The van der Waals surface area contributed by atoms with Gasteiger partial charge in [-0.1, -0.05) is 24.3 Å². The summed E-state index contributed by atoms with van der Waals surface area (Å²) in [5.74, 6) is -1.03. The predicted molar refractivity (Wildman–Crippen MR) is 78.9 cm³/mol. The number of anilines is 1. The highest BCUT2D eigenvalue weighted by molar-refractivity contribution is 5.82. The second-order valence-corrected chi connectivity index (χ2v) is 4.44. The molecule has 108 valence electrons. The van der Waals surface area contributed by atoms with Crippen molar-refractivity contribution in [3.63, 3.8) is 0 Å². The number of nitrogens with one attached hydrogen (secondary N) is 1. The Labute approximate surface area is 118 Å². The van der Waals surface area contributed by atoms with Crippen LogP contribution < -0.4 is 10.2 Å². The number of carbonyl (C=O) groups is 2. The first-order valence-electron chi connectivity index (χ1n) is 6.44. The van der Waals surface area contributed by atoms with Crippen LogP contribution in [0.2, 0.25) is 0 Å². The highest BCUT2D eigenvalue weighted by Crippen LogP contribution is 2.19. The fourth-order valence-corrected chi connectivity index (χ4v) is 1.85. The zero-order valence-corrected chi connectivity index (χ0v) is 11.6. The SMILES string of the molecule is C=CCNC(=O)CN(CCC(=O)O)c1ccccc1C. The van der Waals surface area contributed by atoms with Crippen molar-refractivity contribution in [3.8, 4) is 0 Å². The zero-order chi connectivity index (χ0) is 15.0. The molecule has 1 aromatic carbocycles. The van der Waals surface area contributed by atoms with E-state index in [1.165, 1.54) is 0 Å².